The van der Waals surface area contributed by atoms with Gasteiger partial charge in [-0.1, -0.05) is 24.0 Å². The molecule has 11 heteroatoms. The third-order valence-corrected chi connectivity index (χ3v) is 6.75. The summed E-state index contributed by atoms with van der Waals surface area (Å²) in [5.41, 5.74) is 0.184. The summed E-state index contributed by atoms with van der Waals surface area (Å²) in [7, 11) is 0. The summed E-state index contributed by atoms with van der Waals surface area (Å²) in [5.74, 6) is 1.31. The molecule has 1 fully saturated rings. The molecule has 34 heavy (non-hydrogen) atoms. The summed E-state index contributed by atoms with van der Waals surface area (Å²) in [6.45, 7) is 8.55. The Hall–Kier alpha value is -2.40. The van der Waals surface area contributed by atoms with Gasteiger partial charge in [0, 0.05) is 43.2 Å². The average molecular weight is 511 g/mol. The van der Waals surface area contributed by atoms with E-state index in [-0.39, 0.29) is 18.9 Å². The van der Waals surface area contributed by atoms with Crippen LogP contribution in [0.1, 0.15) is 46.5 Å². The van der Waals surface area contributed by atoms with Crippen molar-refractivity contribution < 1.29 is 23.8 Å². The predicted octanol–water partition coefficient (Wildman–Crippen LogP) is 4.32. The van der Waals surface area contributed by atoms with Gasteiger partial charge in [-0.2, -0.15) is 0 Å². The number of piperidine rings is 1. The van der Waals surface area contributed by atoms with Gasteiger partial charge >= 0.3 is 12.1 Å². The van der Waals surface area contributed by atoms with E-state index in [0.29, 0.717) is 42.1 Å². The number of fused-ring (bicyclic) bond motifs is 1. The van der Waals surface area contributed by atoms with E-state index in [1.807, 2.05) is 20.8 Å². The number of carbonyl (C=O) groups is 2. The van der Waals surface area contributed by atoms with Gasteiger partial charge in [-0.05, 0) is 58.6 Å². The van der Waals surface area contributed by atoms with Crippen LogP contribution in [0.2, 0.25) is 0 Å². The first-order chi connectivity index (χ1) is 16.2. The Labute approximate surface area is 210 Å². The molecule has 0 atom stereocenters. The number of thioether (sulfide) groups is 1. The largest absolute Gasteiger partial charge is 0.454 e. The minimum Gasteiger partial charge on any atom is -0.454 e. The average Bonchev–Trinajstić information content (AvgIpc) is 3.23. The van der Waals surface area contributed by atoms with Gasteiger partial charge in [0.05, 0.1) is 0 Å². The Kier molecular flexibility index (Phi) is 9.52. The maximum atomic E-state index is 12.2. The molecule has 1 saturated heterocycles. The quantitative estimate of drug-likeness (QED) is 0.368. The van der Waals surface area contributed by atoms with Crippen LogP contribution in [-0.2, 0) is 4.74 Å². The fourth-order valence-corrected chi connectivity index (χ4v) is 4.91. The number of benzene rings is 1. The second kappa shape index (κ2) is 12.3. The highest BCUT2D eigenvalue weighted by Crippen LogP contribution is 2.34. The molecule has 0 aliphatic carbocycles. The SMILES string of the molecule is CC(C)(C)OC(=O)N1CCC(SC(=S)NCCCCNC(=O)Nc2ccc3c(c2)OCO3)CC1. The lowest BCUT2D eigenvalue weighted by Crippen LogP contribution is -2.42. The molecular formula is C23H34N4O5S2. The van der Waals surface area contributed by atoms with E-state index in [2.05, 4.69) is 16.0 Å². The number of carbonyl (C=O) groups excluding carboxylic acids is 2. The molecule has 2 aliphatic heterocycles. The molecule has 0 aromatic heterocycles. The van der Waals surface area contributed by atoms with Crippen molar-refractivity contribution >= 4 is 46.1 Å². The number of likely N-dealkylation sites (tertiary alicyclic amines) is 1. The molecule has 3 rings (SSSR count). The number of hydrogen-bond donors (Lipinski definition) is 3. The zero-order valence-electron chi connectivity index (χ0n) is 20.0. The molecule has 188 valence electrons. The number of nitrogens with one attached hydrogen (secondary N) is 3. The highest BCUT2D eigenvalue weighted by Gasteiger charge is 2.27. The highest BCUT2D eigenvalue weighted by molar-refractivity contribution is 8.23. The van der Waals surface area contributed by atoms with Gasteiger partial charge < -0.3 is 35.1 Å². The molecule has 0 unspecified atom stereocenters. The molecule has 2 aliphatic rings. The lowest BCUT2D eigenvalue weighted by molar-refractivity contribution is 0.0219. The van der Waals surface area contributed by atoms with E-state index in [0.717, 1.165) is 36.5 Å². The molecule has 9 nitrogen and oxygen atoms in total. The van der Waals surface area contributed by atoms with Crippen LogP contribution in [0.5, 0.6) is 11.5 Å². The van der Waals surface area contributed by atoms with Crippen LogP contribution in [0.25, 0.3) is 0 Å². The first kappa shape index (κ1) is 26.2. The standard InChI is InChI=1S/C23H34N4O5S2/c1-23(2,3)32-22(29)27-12-8-17(9-13-27)34-21(33)25-11-5-4-10-24-20(28)26-16-6-7-18-19(14-16)31-15-30-18/h6-7,14,17H,4-5,8-13,15H2,1-3H3,(H,25,33)(H2,24,26,28). The van der Waals surface area contributed by atoms with Crippen LogP contribution < -0.4 is 25.4 Å². The minimum absolute atomic E-state index is 0.203. The number of urea groups is 1. The van der Waals surface area contributed by atoms with Crippen molar-refractivity contribution in [2.24, 2.45) is 0 Å². The van der Waals surface area contributed by atoms with Crippen molar-refractivity contribution in [3.8, 4) is 11.5 Å². The Morgan fingerprint density at radius 3 is 2.50 bits per heavy atom. The molecule has 1 aromatic carbocycles. The number of rotatable bonds is 7. The van der Waals surface area contributed by atoms with Crippen molar-refractivity contribution in [3.63, 3.8) is 0 Å². The number of anilines is 1. The van der Waals surface area contributed by atoms with Crippen LogP contribution in [0.3, 0.4) is 0 Å². The minimum atomic E-state index is -0.472. The Morgan fingerprint density at radius 1 is 1.12 bits per heavy atom. The first-order valence-electron chi connectivity index (χ1n) is 11.6. The van der Waals surface area contributed by atoms with Crippen molar-refractivity contribution in [2.75, 3.05) is 38.3 Å². The zero-order valence-corrected chi connectivity index (χ0v) is 21.6. The van der Waals surface area contributed by atoms with Crippen LogP contribution >= 0.6 is 24.0 Å². The lowest BCUT2D eigenvalue weighted by Gasteiger charge is -2.33. The third-order valence-electron chi connectivity index (χ3n) is 5.16. The van der Waals surface area contributed by atoms with E-state index < -0.39 is 5.60 Å². The molecule has 3 N–H and O–H groups in total. The van der Waals surface area contributed by atoms with Crippen molar-refractivity contribution in [1.29, 1.82) is 0 Å². The van der Waals surface area contributed by atoms with Crippen LogP contribution in [0.4, 0.5) is 15.3 Å². The first-order valence-corrected chi connectivity index (χ1v) is 12.9. The molecule has 2 heterocycles. The van der Waals surface area contributed by atoms with E-state index in [1.165, 1.54) is 0 Å². The summed E-state index contributed by atoms with van der Waals surface area (Å²) < 4.78 is 16.8. The number of amides is 3. The molecule has 0 spiro atoms. The fourth-order valence-electron chi connectivity index (χ4n) is 3.47. The van der Waals surface area contributed by atoms with Gasteiger partial charge in [-0.3, -0.25) is 0 Å². The topological polar surface area (TPSA) is 101 Å². The normalized spacial score (nSPS) is 15.6. The summed E-state index contributed by atoms with van der Waals surface area (Å²) >= 11 is 7.13. The molecular weight excluding hydrogens is 476 g/mol. The number of thiocarbonyl (C=S) groups is 1. The van der Waals surface area contributed by atoms with Gasteiger partial charge in [-0.25, -0.2) is 9.59 Å². The predicted molar refractivity (Wildman–Crippen MR) is 138 cm³/mol. The third kappa shape index (κ3) is 8.75. The number of hydrogen-bond acceptors (Lipinski definition) is 7. The van der Waals surface area contributed by atoms with Gasteiger partial charge in [0.2, 0.25) is 6.79 Å². The van der Waals surface area contributed by atoms with Crippen LogP contribution in [0.15, 0.2) is 18.2 Å². The van der Waals surface area contributed by atoms with Gasteiger partial charge in [0.1, 0.15) is 9.92 Å². The number of nitrogens with zero attached hydrogens (tertiary/aromatic N) is 1. The summed E-state index contributed by atoms with van der Waals surface area (Å²) in [4.78, 5) is 26.0. The van der Waals surface area contributed by atoms with E-state index in [9.17, 15) is 9.59 Å². The Morgan fingerprint density at radius 2 is 1.79 bits per heavy atom. The van der Waals surface area contributed by atoms with Crippen molar-refractivity contribution in [1.82, 2.24) is 15.5 Å². The van der Waals surface area contributed by atoms with Crippen molar-refractivity contribution in [3.05, 3.63) is 18.2 Å². The van der Waals surface area contributed by atoms with E-state index >= 15 is 0 Å². The van der Waals surface area contributed by atoms with Gasteiger partial charge in [-0.15, -0.1) is 0 Å². The molecule has 0 bridgehead atoms. The van der Waals surface area contributed by atoms with Crippen LogP contribution in [-0.4, -0.2) is 65.2 Å². The highest BCUT2D eigenvalue weighted by atomic mass is 32.2. The Balaban J connectivity index is 1.21. The van der Waals surface area contributed by atoms with E-state index in [1.54, 1.807) is 34.9 Å². The number of ether oxygens (including phenoxy) is 3. The second-order valence-corrected chi connectivity index (χ2v) is 11.1. The fraction of sp³-hybridized carbons (Fsp3) is 0.609. The summed E-state index contributed by atoms with van der Waals surface area (Å²) in [6, 6.07) is 5.04. The molecule has 0 radical (unpaired) electrons. The van der Waals surface area contributed by atoms with Crippen LogP contribution in [0, 0.1) is 0 Å². The van der Waals surface area contributed by atoms with Gasteiger partial charge in [0.15, 0.2) is 11.5 Å². The Bertz CT molecular complexity index is 869. The molecule has 0 saturated carbocycles. The van der Waals surface area contributed by atoms with Gasteiger partial charge in [0.25, 0.3) is 0 Å². The summed E-state index contributed by atoms with van der Waals surface area (Å²) in [6.07, 6.45) is 3.28. The van der Waals surface area contributed by atoms with E-state index in [4.69, 9.17) is 26.4 Å². The van der Waals surface area contributed by atoms with Crippen molar-refractivity contribution in [2.45, 2.75) is 57.3 Å². The second-order valence-electron chi connectivity index (χ2n) is 9.15. The lowest BCUT2D eigenvalue weighted by atomic mass is 10.1. The zero-order chi connectivity index (χ0) is 24.6. The monoisotopic (exact) mass is 510 g/mol. The summed E-state index contributed by atoms with van der Waals surface area (Å²) in [5, 5.41) is 9.32. The maximum Gasteiger partial charge on any atom is 0.410 e. The number of unbranched alkanes of at least 4 members (excludes halogenated alkanes) is 1. The smallest absolute Gasteiger partial charge is 0.410 e. The maximum absolute atomic E-state index is 12.2. The molecule has 3 amide bonds. The molecule has 1 aromatic rings.